The first-order chi connectivity index (χ1) is 23.8. The highest BCUT2D eigenvalue weighted by atomic mass is 31.2. The van der Waals surface area contributed by atoms with Crippen LogP contribution in [0.2, 0.25) is 0 Å². The molecule has 5 rings (SSSR count). The van der Waals surface area contributed by atoms with Gasteiger partial charge in [0.05, 0.1) is 30.7 Å². The third kappa shape index (κ3) is 7.90. The first-order valence-corrected chi connectivity index (χ1v) is 17.4. The molecule has 0 radical (unpaired) electrons. The topological polar surface area (TPSA) is 225 Å². The highest BCUT2D eigenvalue weighted by Gasteiger charge is 2.62. The van der Waals surface area contributed by atoms with Crippen molar-refractivity contribution in [2.24, 2.45) is 11.8 Å². The number of anilines is 1. The van der Waals surface area contributed by atoms with Crippen LogP contribution in [-0.2, 0) is 47.2 Å². The van der Waals surface area contributed by atoms with Gasteiger partial charge in [0.2, 0.25) is 5.60 Å². The summed E-state index contributed by atoms with van der Waals surface area (Å²) in [5.41, 5.74) is 4.46. The van der Waals surface area contributed by atoms with Crippen molar-refractivity contribution in [1.29, 1.82) is 5.26 Å². The van der Waals surface area contributed by atoms with Crippen molar-refractivity contribution in [3.63, 3.8) is 0 Å². The molecule has 0 spiro atoms. The van der Waals surface area contributed by atoms with E-state index in [4.69, 9.17) is 38.5 Å². The van der Waals surface area contributed by atoms with E-state index in [0.29, 0.717) is 5.52 Å². The van der Waals surface area contributed by atoms with Gasteiger partial charge in [0.1, 0.15) is 48.5 Å². The van der Waals surface area contributed by atoms with Gasteiger partial charge >= 0.3 is 25.7 Å². The molecule has 0 aliphatic carbocycles. The zero-order valence-corrected chi connectivity index (χ0v) is 29.0. The van der Waals surface area contributed by atoms with Crippen molar-refractivity contribution in [2.45, 2.75) is 70.7 Å². The maximum Gasteiger partial charge on any atom is 0.459 e. The lowest BCUT2D eigenvalue weighted by Crippen LogP contribution is -2.50. The van der Waals surface area contributed by atoms with Gasteiger partial charge in [0.15, 0.2) is 18.0 Å². The van der Waals surface area contributed by atoms with Gasteiger partial charge in [0.25, 0.3) is 0 Å². The molecule has 3 N–H and O–H groups in total. The Morgan fingerprint density at radius 1 is 1.04 bits per heavy atom. The summed E-state index contributed by atoms with van der Waals surface area (Å²) in [6, 6.07) is 12.0. The average molecular weight is 715 g/mol. The number of benzene rings is 1. The third-order valence-electron chi connectivity index (χ3n) is 7.84. The molecule has 1 aromatic carbocycles. The minimum Gasteiger partial charge on any atom is -0.456 e. The number of rotatable bonds is 14. The minimum atomic E-state index is -4.57. The Labute approximate surface area is 287 Å². The molecular formula is C32H39N6O11P. The Morgan fingerprint density at radius 2 is 1.72 bits per heavy atom. The van der Waals surface area contributed by atoms with E-state index in [2.05, 4.69) is 15.2 Å². The van der Waals surface area contributed by atoms with E-state index in [1.165, 1.54) is 29.9 Å². The van der Waals surface area contributed by atoms with Crippen LogP contribution in [0.4, 0.5) is 5.82 Å². The van der Waals surface area contributed by atoms with Gasteiger partial charge in [-0.15, -0.1) is 0 Å². The van der Waals surface area contributed by atoms with E-state index in [1.54, 1.807) is 58.0 Å². The lowest BCUT2D eigenvalue weighted by atomic mass is 9.95. The summed E-state index contributed by atoms with van der Waals surface area (Å²) in [7, 11) is -4.57. The molecule has 0 amide bonds. The molecule has 17 nitrogen and oxygen atoms in total. The molecule has 2 aliphatic heterocycles. The van der Waals surface area contributed by atoms with E-state index < -0.39 is 80.2 Å². The summed E-state index contributed by atoms with van der Waals surface area (Å²) < 4.78 is 56.0. The van der Waals surface area contributed by atoms with Crippen LogP contribution in [0.1, 0.15) is 46.4 Å². The molecule has 3 aromatic rings. The zero-order chi connectivity index (χ0) is 36.2. The fourth-order valence-electron chi connectivity index (χ4n) is 4.99. The van der Waals surface area contributed by atoms with Crippen LogP contribution >= 0.6 is 7.75 Å². The number of nitrogen functional groups attached to an aromatic ring is 1. The smallest absolute Gasteiger partial charge is 0.456 e. The lowest BCUT2D eigenvalue weighted by Gasteiger charge is -2.31. The second kappa shape index (κ2) is 15.1. The van der Waals surface area contributed by atoms with Crippen LogP contribution in [0.5, 0.6) is 5.75 Å². The number of fused-ring (bicyclic) bond motifs is 1. The number of nitrogens with zero attached hydrogens (tertiary/aromatic N) is 4. The number of esters is 3. The van der Waals surface area contributed by atoms with E-state index in [-0.39, 0.29) is 30.5 Å². The number of hydrogen-bond donors (Lipinski definition) is 2. The van der Waals surface area contributed by atoms with Crippen molar-refractivity contribution in [2.75, 3.05) is 25.6 Å². The van der Waals surface area contributed by atoms with E-state index in [0.717, 1.165) is 0 Å². The number of carbonyl (C=O) groups excluding carboxylic acids is 3. The van der Waals surface area contributed by atoms with E-state index in [1.807, 2.05) is 6.07 Å². The summed E-state index contributed by atoms with van der Waals surface area (Å²) in [5, 5.41) is 17.6. The van der Waals surface area contributed by atoms with Gasteiger partial charge in [-0.1, -0.05) is 45.9 Å². The van der Waals surface area contributed by atoms with Crippen molar-refractivity contribution < 1.29 is 51.7 Å². The predicted octanol–water partition coefficient (Wildman–Crippen LogP) is 2.90. The van der Waals surface area contributed by atoms with Crippen molar-refractivity contribution in [3.05, 3.63) is 54.5 Å². The number of nitrogens with two attached hydrogens (primary N) is 1. The molecule has 0 bridgehead atoms. The number of para-hydroxylation sites is 1. The van der Waals surface area contributed by atoms with Crippen LogP contribution in [0.3, 0.4) is 0 Å². The Kier molecular flexibility index (Phi) is 11.1. The van der Waals surface area contributed by atoms with Crippen LogP contribution < -0.4 is 15.3 Å². The Hall–Kier alpha value is -4.59. The molecule has 2 saturated heterocycles. The van der Waals surface area contributed by atoms with Gasteiger partial charge in [-0.2, -0.15) is 15.4 Å². The highest BCUT2D eigenvalue weighted by Crippen LogP contribution is 2.50. The first kappa shape index (κ1) is 36.7. The van der Waals surface area contributed by atoms with Gasteiger partial charge < -0.3 is 33.9 Å². The predicted molar refractivity (Wildman–Crippen MR) is 173 cm³/mol. The average Bonchev–Trinajstić information content (AvgIpc) is 3.62. The molecular weight excluding hydrogens is 675 g/mol. The normalized spacial score (nSPS) is 23.8. The number of aromatic nitrogens is 3. The molecule has 18 heteroatoms. The van der Waals surface area contributed by atoms with Crippen molar-refractivity contribution in [3.8, 4) is 11.8 Å². The molecule has 1 unspecified atom stereocenters. The monoisotopic (exact) mass is 714 g/mol. The maximum atomic E-state index is 14.4. The summed E-state index contributed by atoms with van der Waals surface area (Å²) in [6.07, 6.45) is -3.58. The van der Waals surface area contributed by atoms with Crippen LogP contribution in [0, 0.1) is 23.2 Å². The van der Waals surface area contributed by atoms with Gasteiger partial charge in [-0.3, -0.25) is 18.9 Å². The quantitative estimate of drug-likeness (QED) is 0.139. The molecule has 2 aliphatic rings. The van der Waals surface area contributed by atoms with Crippen LogP contribution in [0.15, 0.2) is 48.8 Å². The zero-order valence-electron chi connectivity index (χ0n) is 28.1. The fraction of sp³-hybridized carbons (Fsp3) is 0.500. The second-order valence-electron chi connectivity index (χ2n) is 12.4. The standard InChI is InChI=1S/C32H39N6O11P/c1-18(2)29(39)46-26-25(23-11-12-24-28(34)35-17-36-38(23)24)48-32(15-33,27(26)47-30(40)19(3)4)16-44-50(42,49-21-9-7-6-8-10-21)37-20(5)31(41)45-22-13-43-14-22/h6-12,17-20,22,25-27H,13-14,16H2,1-5H3,(H,37,42)(H2,34,35,36)/t20-,25-,26-,27-,32+,50?/m0/s1. The number of nitrogens with one attached hydrogen (secondary N) is 1. The second-order valence-corrected chi connectivity index (χ2v) is 14.1. The number of hydrogen-bond acceptors (Lipinski definition) is 15. The SMILES string of the molecule is CC(C)C(=O)O[C@H]1[C@H](c2ccc3c(N)ncnn23)O[C@](C#N)(COP(=O)(N[C@@H](C)C(=O)OC2COC2)Oc2ccccc2)[C@H]1OC(=O)C(C)C. The van der Waals surface area contributed by atoms with Crippen molar-refractivity contribution in [1.82, 2.24) is 19.7 Å². The summed E-state index contributed by atoms with van der Waals surface area (Å²) in [4.78, 5) is 43.0. The molecule has 2 fully saturated rings. The first-order valence-electron chi connectivity index (χ1n) is 15.9. The Morgan fingerprint density at radius 3 is 2.34 bits per heavy atom. The molecule has 0 saturated carbocycles. The maximum absolute atomic E-state index is 14.4. The van der Waals surface area contributed by atoms with E-state index >= 15 is 0 Å². The summed E-state index contributed by atoms with van der Waals surface area (Å²) >= 11 is 0. The number of nitriles is 1. The Bertz CT molecular complexity index is 1790. The van der Waals surface area contributed by atoms with Gasteiger partial charge in [-0.25, -0.2) is 14.1 Å². The lowest BCUT2D eigenvalue weighted by molar-refractivity contribution is -0.174. The molecule has 4 heterocycles. The number of ether oxygens (including phenoxy) is 5. The Balaban J connectivity index is 1.54. The molecule has 6 atom stereocenters. The third-order valence-corrected chi connectivity index (χ3v) is 9.46. The van der Waals surface area contributed by atoms with E-state index in [9.17, 15) is 24.2 Å². The fourth-order valence-corrected chi connectivity index (χ4v) is 6.51. The molecule has 50 heavy (non-hydrogen) atoms. The summed E-state index contributed by atoms with van der Waals surface area (Å²) in [6.45, 7) is 7.37. The largest absolute Gasteiger partial charge is 0.459 e. The highest BCUT2D eigenvalue weighted by molar-refractivity contribution is 7.52. The van der Waals surface area contributed by atoms with Crippen LogP contribution in [0.25, 0.3) is 5.52 Å². The molecule has 268 valence electrons. The summed E-state index contributed by atoms with van der Waals surface area (Å²) in [5.74, 6) is -3.22. The van der Waals surface area contributed by atoms with Gasteiger partial charge in [0, 0.05) is 0 Å². The minimum absolute atomic E-state index is 0.107. The van der Waals surface area contributed by atoms with Crippen LogP contribution in [-0.4, -0.2) is 82.3 Å². The number of carbonyl (C=O) groups is 3. The molecule has 2 aromatic heterocycles. The van der Waals surface area contributed by atoms with Crippen molar-refractivity contribution >= 4 is 37.0 Å². The van der Waals surface area contributed by atoms with Gasteiger partial charge in [-0.05, 0) is 31.2 Å².